The van der Waals surface area contributed by atoms with Crippen LogP contribution in [0.4, 0.5) is 0 Å². The normalized spacial score (nSPS) is 30.6. The van der Waals surface area contributed by atoms with Gasteiger partial charge in [-0.15, -0.1) is 0 Å². The summed E-state index contributed by atoms with van der Waals surface area (Å²) in [6, 6.07) is 1.19. The van der Waals surface area contributed by atoms with Gasteiger partial charge in [-0.05, 0) is 33.2 Å². The van der Waals surface area contributed by atoms with E-state index in [0.29, 0.717) is 12.1 Å². The Bertz CT molecular complexity index is 175. The van der Waals surface area contributed by atoms with E-state index in [1.165, 1.54) is 19.3 Å². The highest BCUT2D eigenvalue weighted by Crippen LogP contribution is 2.28. The van der Waals surface area contributed by atoms with Gasteiger partial charge in [0.05, 0.1) is 0 Å². The molecule has 1 rings (SSSR count). The van der Waals surface area contributed by atoms with Crippen LogP contribution in [0.15, 0.2) is 0 Å². The number of rotatable bonds is 3. The van der Waals surface area contributed by atoms with Crippen LogP contribution in [0.5, 0.6) is 0 Å². The van der Waals surface area contributed by atoms with Crippen molar-refractivity contribution in [1.29, 1.82) is 0 Å². The fourth-order valence-corrected chi connectivity index (χ4v) is 4.96. The van der Waals surface area contributed by atoms with Gasteiger partial charge in [-0.2, -0.15) is 0 Å². The molecule has 0 unspecified atom stereocenters. The van der Waals surface area contributed by atoms with E-state index < -0.39 is 8.72 Å². The second-order valence-electron chi connectivity index (χ2n) is 4.34. The summed E-state index contributed by atoms with van der Waals surface area (Å²) in [6.45, 7) is 6.68. The van der Waals surface area contributed by atoms with Crippen molar-refractivity contribution >= 4 is 8.72 Å². The van der Waals surface area contributed by atoms with Crippen molar-refractivity contribution in [3.63, 3.8) is 0 Å². The minimum absolute atomic E-state index is 0.593. The molecular formula is C10H23NO2Si. The molecule has 2 atom stereocenters. The highest BCUT2D eigenvalue weighted by atomic mass is 28.4. The van der Waals surface area contributed by atoms with Gasteiger partial charge in [0.2, 0.25) is 0 Å². The largest absolute Gasteiger partial charge is 0.424 e. The van der Waals surface area contributed by atoms with Crippen LogP contribution in [0, 0.1) is 0 Å². The zero-order valence-electron chi connectivity index (χ0n) is 10.0. The van der Waals surface area contributed by atoms with Crippen molar-refractivity contribution in [3.8, 4) is 0 Å². The Morgan fingerprint density at radius 2 is 1.50 bits per heavy atom. The molecule has 1 heterocycles. The van der Waals surface area contributed by atoms with Gasteiger partial charge in [0, 0.05) is 26.3 Å². The molecule has 0 amide bonds. The van der Waals surface area contributed by atoms with E-state index in [1.54, 1.807) is 14.2 Å². The summed E-state index contributed by atoms with van der Waals surface area (Å²) in [7, 11) is 1.45. The average molecular weight is 217 g/mol. The number of piperidine rings is 1. The predicted octanol–water partition coefficient (Wildman–Crippen LogP) is 2.11. The topological polar surface area (TPSA) is 21.7 Å². The van der Waals surface area contributed by atoms with Gasteiger partial charge < -0.3 is 8.85 Å². The lowest BCUT2D eigenvalue weighted by molar-refractivity contribution is 0.0935. The third kappa shape index (κ3) is 2.19. The number of hydrogen-bond acceptors (Lipinski definition) is 3. The molecule has 1 saturated heterocycles. The van der Waals surface area contributed by atoms with Crippen molar-refractivity contribution < 1.29 is 8.85 Å². The molecule has 84 valence electrons. The third-order valence-corrected chi connectivity index (χ3v) is 6.75. The highest BCUT2D eigenvalue weighted by Gasteiger charge is 2.44. The summed E-state index contributed by atoms with van der Waals surface area (Å²) < 4.78 is 13.7. The number of hydrogen-bond donors (Lipinski definition) is 0. The summed E-state index contributed by atoms with van der Waals surface area (Å²) in [5.74, 6) is 0. The minimum Gasteiger partial charge on any atom is -0.386 e. The Morgan fingerprint density at radius 1 is 1.07 bits per heavy atom. The molecular weight excluding hydrogens is 194 g/mol. The van der Waals surface area contributed by atoms with E-state index in [1.807, 2.05) is 0 Å². The molecule has 0 saturated carbocycles. The second kappa shape index (κ2) is 4.75. The molecule has 0 radical (unpaired) electrons. The maximum atomic E-state index is 5.61. The first-order valence-electron chi connectivity index (χ1n) is 5.44. The first-order chi connectivity index (χ1) is 6.55. The molecule has 0 aliphatic carbocycles. The monoisotopic (exact) mass is 217 g/mol. The smallest absolute Gasteiger partial charge is 0.386 e. The molecule has 3 nitrogen and oxygen atoms in total. The van der Waals surface area contributed by atoms with Crippen LogP contribution in [0.25, 0.3) is 0 Å². The third-order valence-electron chi connectivity index (χ3n) is 3.42. The van der Waals surface area contributed by atoms with Crippen molar-refractivity contribution in [3.05, 3.63) is 0 Å². The standard InChI is InChI=1S/C10H23NO2Si/c1-9-7-6-8-10(2)11(9)14(5,12-3)13-4/h9-10H,6-8H2,1-5H3/t9-,10+. The quantitative estimate of drug-likeness (QED) is 0.676. The van der Waals surface area contributed by atoms with Crippen LogP contribution < -0.4 is 0 Å². The second-order valence-corrected chi connectivity index (χ2v) is 7.47. The molecule has 0 aromatic rings. The van der Waals surface area contributed by atoms with E-state index in [-0.39, 0.29) is 0 Å². The van der Waals surface area contributed by atoms with Crippen LogP contribution in [0.3, 0.4) is 0 Å². The lowest BCUT2D eigenvalue weighted by Crippen LogP contribution is -2.63. The Morgan fingerprint density at radius 3 is 1.86 bits per heavy atom. The predicted molar refractivity (Wildman–Crippen MR) is 60.3 cm³/mol. The molecule has 0 N–H and O–H groups in total. The zero-order valence-corrected chi connectivity index (χ0v) is 11.0. The summed E-state index contributed by atoms with van der Waals surface area (Å²) >= 11 is 0. The Labute approximate surface area is 88.7 Å². The van der Waals surface area contributed by atoms with E-state index in [0.717, 1.165) is 0 Å². The van der Waals surface area contributed by atoms with Gasteiger partial charge in [-0.1, -0.05) is 6.42 Å². The van der Waals surface area contributed by atoms with Crippen LogP contribution in [-0.2, 0) is 8.85 Å². The van der Waals surface area contributed by atoms with Crippen molar-refractivity contribution in [1.82, 2.24) is 4.57 Å². The van der Waals surface area contributed by atoms with E-state index in [9.17, 15) is 0 Å². The van der Waals surface area contributed by atoms with Crippen LogP contribution in [0.1, 0.15) is 33.1 Å². The first kappa shape index (κ1) is 12.2. The van der Waals surface area contributed by atoms with Gasteiger partial charge in [0.15, 0.2) is 0 Å². The lowest BCUT2D eigenvalue weighted by atomic mass is 10.0. The minimum atomic E-state index is -2.09. The van der Waals surface area contributed by atoms with Gasteiger partial charge >= 0.3 is 8.72 Å². The first-order valence-corrected chi connectivity index (χ1v) is 7.70. The van der Waals surface area contributed by atoms with Crippen molar-refractivity contribution in [2.75, 3.05) is 14.2 Å². The summed E-state index contributed by atoms with van der Waals surface area (Å²) in [6.07, 6.45) is 3.86. The molecule has 1 aliphatic rings. The van der Waals surface area contributed by atoms with Gasteiger partial charge in [0.1, 0.15) is 0 Å². The molecule has 4 heteroatoms. The van der Waals surface area contributed by atoms with Crippen molar-refractivity contribution in [2.24, 2.45) is 0 Å². The molecule has 1 aliphatic heterocycles. The number of nitrogens with zero attached hydrogens (tertiary/aromatic N) is 1. The molecule has 0 aromatic carbocycles. The SMILES string of the molecule is CO[Si](C)(OC)N1[C@H](C)CCC[C@@H]1C. The molecule has 0 bridgehead atoms. The fraction of sp³-hybridized carbons (Fsp3) is 1.00. The van der Waals surface area contributed by atoms with Crippen LogP contribution >= 0.6 is 0 Å². The summed E-state index contributed by atoms with van der Waals surface area (Å²) in [4.78, 5) is 0. The molecule has 1 fully saturated rings. The average Bonchev–Trinajstić information content (AvgIpc) is 2.17. The maximum Gasteiger partial charge on any atom is 0.424 e. The fourth-order valence-electron chi connectivity index (χ4n) is 2.52. The maximum absolute atomic E-state index is 5.61. The molecule has 0 aromatic heterocycles. The Hall–Kier alpha value is 0.0969. The van der Waals surface area contributed by atoms with Crippen LogP contribution in [-0.4, -0.2) is 39.6 Å². The Balaban J connectivity index is 2.80. The van der Waals surface area contributed by atoms with E-state index in [4.69, 9.17) is 8.85 Å². The van der Waals surface area contributed by atoms with E-state index in [2.05, 4.69) is 25.0 Å². The van der Waals surface area contributed by atoms with E-state index >= 15 is 0 Å². The van der Waals surface area contributed by atoms with Gasteiger partial charge in [-0.25, -0.2) is 0 Å². The van der Waals surface area contributed by atoms with Crippen LogP contribution in [0.2, 0.25) is 6.55 Å². The molecule has 0 spiro atoms. The highest BCUT2D eigenvalue weighted by molar-refractivity contribution is 6.63. The van der Waals surface area contributed by atoms with Crippen molar-refractivity contribution in [2.45, 2.75) is 51.7 Å². The van der Waals surface area contributed by atoms with Gasteiger partial charge in [0.25, 0.3) is 0 Å². The molecule has 14 heavy (non-hydrogen) atoms. The Kier molecular flexibility index (Phi) is 4.12. The summed E-state index contributed by atoms with van der Waals surface area (Å²) in [5.41, 5.74) is 0. The summed E-state index contributed by atoms with van der Waals surface area (Å²) in [5, 5.41) is 0. The van der Waals surface area contributed by atoms with Gasteiger partial charge in [-0.3, -0.25) is 4.57 Å². The lowest BCUT2D eigenvalue weighted by Gasteiger charge is -2.46. The zero-order chi connectivity index (χ0) is 10.8.